The first-order valence-electron chi connectivity index (χ1n) is 6.78. The monoisotopic (exact) mass is 260 g/mol. The van der Waals surface area contributed by atoms with E-state index in [0.29, 0.717) is 17.5 Å². The van der Waals surface area contributed by atoms with Crippen molar-refractivity contribution in [1.29, 1.82) is 0 Å². The molecule has 1 amide bonds. The Bertz CT molecular complexity index is 468. The first-order valence-corrected chi connectivity index (χ1v) is 6.78. The number of hydrogen-bond donors (Lipinski definition) is 1. The molecule has 1 heterocycles. The minimum absolute atomic E-state index is 0.0458. The van der Waals surface area contributed by atoms with Gasteiger partial charge >= 0.3 is 0 Å². The first-order chi connectivity index (χ1) is 9.13. The average molecular weight is 260 g/mol. The Morgan fingerprint density at radius 2 is 1.89 bits per heavy atom. The Labute approximate surface area is 113 Å². The number of Topliss-reactive ketones (excluding diaryl/α,β-unsaturated/α-hetero) is 1. The number of carbonyl (C=O) groups excluding carboxylic acids is 2. The van der Waals surface area contributed by atoms with Crippen molar-refractivity contribution in [2.45, 2.75) is 26.3 Å². The number of piperazine rings is 1. The number of carbonyl (C=O) groups is 2. The average Bonchev–Trinajstić information content (AvgIpc) is 2.46. The lowest BCUT2D eigenvalue weighted by molar-refractivity contribution is 0.0655. The van der Waals surface area contributed by atoms with Crippen molar-refractivity contribution in [1.82, 2.24) is 10.2 Å². The van der Waals surface area contributed by atoms with Gasteiger partial charge in [0.1, 0.15) is 0 Å². The predicted octanol–water partition coefficient (Wildman–Crippen LogP) is 1.71. The summed E-state index contributed by atoms with van der Waals surface area (Å²) in [7, 11) is 0. The Balaban J connectivity index is 2.13. The van der Waals surface area contributed by atoms with Crippen molar-refractivity contribution in [2.75, 3.05) is 19.6 Å². The van der Waals surface area contributed by atoms with Crippen LogP contribution < -0.4 is 5.32 Å². The number of hydrogen-bond acceptors (Lipinski definition) is 3. The number of nitrogens with one attached hydrogen (secondary N) is 1. The molecule has 1 aromatic carbocycles. The highest BCUT2D eigenvalue weighted by Crippen LogP contribution is 2.12. The molecule has 4 heteroatoms. The molecular formula is C15H20N2O2. The second kappa shape index (κ2) is 5.97. The van der Waals surface area contributed by atoms with Gasteiger partial charge in [-0.1, -0.05) is 19.1 Å². The molecule has 1 saturated heterocycles. The standard InChI is InChI=1S/C15H20N2O2/c1-3-14(18)12-4-6-13(7-5-12)15(19)17-9-8-16-10-11(17)2/h4-7,11,16H,3,8-10H2,1-2H3. The van der Waals surface area contributed by atoms with E-state index >= 15 is 0 Å². The fraction of sp³-hybridized carbons (Fsp3) is 0.467. The number of rotatable bonds is 3. The molecule has 0 spiro atoms. The molecule has 1 aromatic rings. The molecule has 1 atom stereocenters. The summed E-state index contributed by atoms with van der Waals surface area (Å²) >= 11 is 0. The number of benzene rings is 1. The molecule has 1 aliphatic heterocycles. The van der Waals surface area contributed by atoms with E-state index in [1.54, 1.807) is 24.3 Å². The van der Waals surface area contributed by atoms with Crippen molar-refractivity contribution in [3.05, 3.63) is 35.4 Å². The maximum atomic E-state index is 12.4. The smallest absolute Gasteiger partial charge is 0.254 e. The summed E-state index contributed by atoms with van der Waals surface area (Å²) in [5, 5.41) is 3.26. The Kier molecular flexibility index (Phi) is 4.32. The van der Waals surface area contributed by atoms with Crippen LogP contribution in [0.4, 0.5) is 0 Å². The molecule has 0 aromatic heterocycles. The zero-order valence-corrected chi connectivity index (χ0v) is 11.5. The van der Waals surface area contributed by atoms with E-state index in [2.05, 4.69) is 5.32 Å². The number of amides is 1. The molecule has 0 saturated carbocycles. The van der Waals surface area contributed by atoms with Gasteiger partial charge < -0.3 is 10.2 Å². The Morgan fingerprint density at radius 3 is 2.47 bits per heavy atom. The number of nitrogens with zero attached hydrogens (tertiary/aromatic N) is 1. The van der Waals surface area contributed by atoms with Crippen molar-refractivity contribution >= 4 is 11.7 Å². The van der Waals surface area contributed by atoms with Gasteiger partial charge in [-0.3, -0.25) is 9.59 Å². The maximum absolute atomic E-state index is 12.4. The molecule has 0 bridgehead atoms. The van der Waals surface area contributed by atoms with Gasteiger partial charge in [0, 0.05) is 43.2 Å². The molecular weight excluding hydrogens is 240 g/mol. The van der Waals surface area contributed by atoms with E-state index in [1.807, 2.05) is 18.7 Å². The van der Waals surface area contributed by atoms with E-state index in [1.165, 1.54) is 0 Å². The molecule has 1 N–H and O–H groups in total. The van der Waals surface area contributed by atoms with Gasteiger partial charge in [0.15, 0.2) is 5.78 Å². The van der Waals surface area contributed by atoms with Gasteiger partial charge in [-0.05, 0) is 19.1 Å². The summed E-state index contributed by atoms with van der Waals surface area (Å²) in [4.78, 5) is 25.8. The molecule has 1 unspecified atom stereocenters. The summed E-state index contributed by atoms with van der Waals surface area (Å²) in [6.07, 6.45) is 0.488. The van der Waals surface area contributed by atoms with E-state index in [4.69, 9.17) is 0 Å². The van der Waals surface area contributed by atoms with Crippen molar-refractivity contribution in [3.63, 3.8) is 0 Å². The topological polar surface area (TPSA) is 49.4 Å². The SMILES string of the molecule is CCC(=O)c1ccc(C(=O)N2CCNCC2C)cc1. The molecule has 19 heavy (non-hydrogen) atoms. The summed E-state index contributed by atoms with van der Waals surface area (Å²) in [5.41, 5.74) is 1.33. The van der Waals surface area contributed by atoms with Crippen LogP contribution in [-0.4, -0.2) is 42.3 Å². The minimum Gasteiger partial charge on any atom is -0.333 e. The zero-order valence-electron chi connectivity index (χ0n) is 11.5. The molecule has 4 nitrogen and oxygen atoms in total. The predicted molar refractivity (Wildman–Crippen MR) is 74.4 cm³/mol. The van der Waals surface area contributed by atoms with E-state index in [-0.39, 0.29) is 17.7 Å². The highest BCUT2D eigenvalue weighted by molar-refractivity contribution is 5.98. The lowest BCUT2D eigenvalue weighted by Gasteiger charge is -2.34. The fourth-order valence-electron chi connectivity index (χ4n) is 2.31. The fourth-order valence-corrected chi connectivity index (χ4v) is 2.31. The quantitative estimate of drug-likeness (QED) is 0.842. The van der Waals surface area contributed by atoms with Crippen LogP contribution in [0.15, 0.2) is 24.3 Å². The third-order valence-electron chi connectivity index (χ3n) is 3.54. The number of ketones is 1. The molecule has 0 radical (unpaired) electrons. The van der Waals surface area contributed by atoms with Gasteiger partial charge in [-0.25, -0.2) is 0 Å². The lowest BCUT2D eigenvalue weighted by atomic mass is 10.1. The van der Waals surface area contributed by atoms with E-state index < -0.39 is 0 Å². The highest BCUT2D eigenvalue weighted by Gasteiger charge is 2.23. The largest absolute Gasteiger partial charge is 0.333 e. The van der Waals surface area contributed by atoms with Gasteiger partial charge in [0.25, 0.3) is 5.91 Å². The van der Waals surface area contributed by atoms with Crippen LogP contribution in [0, 0.1) is 0 Å². The van der Waals surface area contributed by atoms with Crippen LogP contribution in [0.25, 0.3) is 0 Å². The van der Waals surface area contributed by atoms with Crippen LogP contribution in [0.5, 0.6) is 0 Å². The summed E-state index contributed by atoms with van der Waals surface area (Å²) in [6, 6.07) is 7.19. The van der Waals surface area contributed by atoms with Crippen molar-refractivity contribution < 1.29 is 9.59 Å². The normalized spacial score (nSPS) is 19.3. The summed E-state index contributed by atoms with van der Waals surface area (Å²) in [6.45, 7) is 6.28. The Hall–Kier alpha value is -1.68. The molecule has 102 valence electrons. The van der Waals surface area contributed by atoms with Crippen LogP contribution in [0.3, 0.4) is 0 Å². The minimum atomic E-state index is 0.0458. The van der Waals surface area contributed by atoms with Gasteiger partial charge in [-0.2, -0.15) is 0 Å². The van der Waals surface area contributed by atoms with Crippen LogP contribution in [0.2, 0.25) is 0 Å². The molecule has 0 aliphatic carbocycles. The lowest BCUT2D eigenvalue weighted by Crippen LogP contribution is -2.52. The second-order valence-corrected chi connectivity index (χ2v) is 4.91. The van der Waals surface area contributed by atoms with Gasteiger partial charge in [0.05, 0.1) is 0 Å². The maximum Gasteiger partial charge on any atom is 0.254 e. The van der Waals surface area contributed by atoms with Crippen LogP contribution >= 0.6 is 0 Å². The van der Waals surface area contributed by atoms with Crippen molar-refractivity contribution in [3.8, 4) is 0 Å². The zero-order chi connectivity index (χ0) is 13.8. The van der Waals surface area contributed by atoms with Crippen LogP contribution in [-0.2, 0) is 0 Å². The van der Waals surface area contributed by atoms with Gasteiger partial charge in [-0.15, -0.1) is 0 Å². The molecule has 1 aliphatic rings. The molecule has 1 fully saturated rings. The van der Waals surface area contributed by atoms with Crippen molar-refractivity contribution in [2.24, 2.45) is 0 Å². The summed E-state index contributed by atoms with van der Waals surface area (Å²) < 4.78 is 0. The highest BCUT2D eigenvalue weighted by atomic mass is 16.2. The van der Waals surface area contributed by atoms with Gasteiger partial charge in [0.2, 0.25) is 0 Å². The first kappa shape index (κ1) is 13.7. The van der Waals surface area contributed by atoms with E-state index in [9.17, 15) is 9.59 Å². The van der Waals surface area contributed by atoms with E-state index in [0.717, 1.165) is 19.6 Å². The summed E-state index contributed by atoms with van der Waals surface area (Å²) in [5.74, 6) is 0.152. The Morgan fingerprint density at radius 1 is 1.26 bits per heavy atom. The third-order valence-corrected chi connectivity index (χ3v) is 3.54. The second-order valence-electron chi connectivity index (χ2n) is 4.91. The van der Waals surface area contributed by atoms with Crippen LogP contribution in [0.1, 0.15) is 41.0 Å². The molecule has 2 rings (SSSR count). The third kappa shape index (κ3) is 3.01.